The summed E-state index contributed by atoms with van der Waals surface area (Å²) in [6, 6.07) is 0. The van der Waals surface area contributed by atoms with Gasteiger partial charge in [-0.15, -0.1) is 0 Å². The number of nitrogens with one attached hydrogen (secondary N) is 2. The highest BCUT2D eigenvalue weighted by molar-refractivity contribution is 4.53. The molecule has 0 aliphatic rings. The first-order valence-electron chi connectivity index (χ1n) is 3.09. The van der Waals surface area contributed by atoms with Gasteiger partial charge in [0.25, 0.3) is 5.97 Å². The van der Waals surface area contributed by atoms with Gasteiger partial charge >= 0.3 is 0 Å². The maximum Gasteiger partial charge on any atom is 0.288 e. The zero-order chi connectivity index (χ0) is 8.04. The summed E-state index contributed by atoms with van der Waals surface area (Å²) in [4.78, 5) is 0. The second-order valence-corrected chi connectivity index (χ2v) is 2.05. The van der Waals surface area contributed by atoms with Crippen LogP contribution in [0.4, 0.5) is 0 Å². The summed E-state index contributed by atoms with van der Waals surface area (Å²) in [5, 5.41) is 30.5. The van der Waals surface area contributed by atoms with Crippen molar-refractivity contribution in [1.82, 2.24) is 10.6 Å². The van der Waals surface area contributed by atoms with E-state index in [4.69, 9.17) is 15.3 Å². The summed E-state index contributed by atoms with van der Waals surface area (Å²) in [6.45, 7) is 1.06. The molecule has 0 radical (unpaired) electrons. The Balaban J connectivity index is 3.04. The van der Waals surface area contributed by atoms with Crippen LogP contribution < -0.4 is 10.6 Å². The van der Waals surface area contributed by atoms with Crippen molar-refractivity contribution in [2.45, 2.75) is 5.97 Å². The van der Waals surface area contributed by atoms with E-state index in [1.807, 2.05) is 0 Å². The quantitative estimate of drug-likeness (QED) is 0.220. The Morgan fingerprint density at radius 1 is 1.20 bits per heavy atom. The maximum absolute atomic E-state index is 8.35. The van der Waals surface area contributed by atoms with E-state index in [9.17, 15) is 0 Å². The third-order valence-electron chi connectivity index (χ3n) is 0.914. The number of aliphatic hydroxyl groups is 3. The van der Waals surface area contributed by atoms with Gasteiger partial charge in [-0.1, -0.05) is 0 Å². The van der Waals surface area contributed by atoms with Crippen molar-refractivity contribution < 1.29 is 15.3 Å². The van der Waals surface area contributed by atoms with Crippen LogP contribution in [0.25, 0.3) is 0 Å². The highest BCUT2D eigenvalue weighted by atomic mass is 16.7. The van der Waals surface area contributed by atoms with Crippen LogP contribution in [-0.2, 0) is 0 Å². The standard InChI is InChI=1S/C5H14N2O3/c1-6-2-3-7-4-5(8,9)10/h6-10H,2-4H2,1H3. The van der Waals surface area contributed by atoms with E-state index in [1.54, 1.807) is 7.05 Å². The van der Waals surface area contributed by atoms with Crippen LogP contribution in [0.1, 0.15) is 0 Å². The first-order chi connectivity index (χ1) is 4.56. The molecule has 0 aromatic carbocycles. The molecule has 0 unspecified atom stereocenters. The lowest BCUT2D eigenvalue weighted by molar-refractivity contribution is -0.306. The van der Waals surface area contributed by atoms with E-state index < -0.39 is 5.97 Å². The van der Waals surface area contributed by atoms with Crippen molar-refractivity contribution in [2.24, 2.45) is 0 Å². The molecule has 0 spiro atoms. The highest BCUT2D eigenvalue weighted by Crippen LogP contribution is 1.86. The average molecular weight is 150 g/mol. The van der Waals surface area contributed by atoms with Gasteiger partial charge in [0, 0.05) is 13.1 Å². The predicted octanol–water partition coefficient (Wildman–Crippen LogP) is -2.57. The number of rotatable bonds is 5. The van der Waals surface area contributed by atoms with E-state index >= 15 is 0 Å². The molecule has 0 aliphatic heterocycles. The Morgan fingerprint density at radius 3 is 2.20 bits per heavy atom. The van der Waals surface area contributed by atoms with Crippen LogP contribution in [-0.4, -0.2) is 48.0 Å². The van der Waals surface area contributed by atoms with E-state index in [1.165, 1.54) is 0 Å². The van der Waals surface area contributed by atoms with Crippen LogP contribution in [0.15, 0.2) is 0 Å². The third kappa shape index (κ3) is 7.80. The Morgan fingerprint density at radius 2 is 1.80 bits per heavy atom. The number of likely N-dealkylation sites (N-methyl/N-ethyl adjacent to an activating group) is 1. The zero-order valence-electron chi connectivity index (χ0n) is 5.96. The molecule has 0 rings (SSSR count). The molecule has 10 heavy (non-hydrogen) atoms. The molecule has 0 fully saturated rings. The lowest BCUT2D eigenvalue weighted by Gasteiger charge is -2.14. The van der Waals surface area contributed by atoms with E-state index in [2.05, 4.69) is 10.6 Å². The lowest BCUT2D eigenvalue weighted by atomic mass is 10.5. The van der Waals surface area contributed by atoms with Gasteiger partial charge in [0.1, 0.15) is 0 Å². The van der Waals surface area contributed by atoms with Crippen molar-refractivity contribution in [3.63, 3.8) is 0 Å². The molecule has 0 saturated heterocycles. The van der Waals surface area contributed by atoms with Crippen LogP contribution >= 0.6 is 0 Å². The lowest BCUT2D eigenvalue weighted by Crippen LogP contribution is -2.41. The van der Waals surface area contributed by atoms with E-state index in [0.29, 0.717) is 6.54 Å². The smallest absolute Gasteiger partial charge is 0.288 e. The minimum absolute atomic E-state index is 0.241. The predicted molar refractivity (Wildman–Crippen MR) is 36.2 cm³/mol. The normalized spacial score (nSPS) is 12.0. The molecular formula is C5H14N2O3. The summed E-state index contributed by atoms with van der Waals surface area (Å²) >= 11 is 0. The highest BCUT2D eigenvalue weighted by Gasteiger charge is 2.15. The average Bonchev–Trinajstić information content (AvgIpc) is 1.78. The van der Waals surface area contributed by atoms with Crippen molar-refractivity contribution in [3.8, 4) is 0 Å². The molecule has 5 N–H and O–H groups in total. The van der Waals surface area contributed by atoms with Crippen molar-refractivity contribution in [1.29, 1.82) is 0 Å². The fourth-order valence-corrected chi connectivity index (χ4v) is 0.469. The Bertz CT molecular complexity index is 81.5. The van der Waals surface area contributed by atoms with Gasteiger partial charge in [0.2, 0.25) is 0 Å². The van der Waals surface area contributed by atoms with Gasteiger partial charge in [-0.05, 0) is 7.05 Å². The number of hydrogen-bond donors (Lipinski definition) is 5. The van der Waals surface area contributed by atoms with Gasteiger partial charge in [-0.25, -0.2) is 0 Å². The molecule has 0 amide bonds. The van der Waals surface area contributed by atoms with Gasteiger partial charge in [0.05, 0.1) is 6.54 Å². The van der Waals surface area contributed by atoms with Crippen molar-refractivity contribution in [3.05, 3.63) is 0 Å². The summed E-state index contributed by atoms with van der Waals surface area (Å²) in [5.41, 5.74) is 0. The SMILES string of the molecule is CNCCNCC(O)(O)O. The van der Waals surface area contributed by atoms with Crippen LogP contribution in [0.5, 0.6) is 0 Å². The van der Waals surface area contributed by atoms with Gasteiger partial charge in [-0.3, -0.25) is 0 Å². The Hall–Kier alpha value is -0.200. The fourth-order valence-electron chi connectivity index (χ4n) is 0.469. The van der Waals surface area contributed by atoms with Crippen molar-refractivity contribution in [2.75, 3.05) is 26.7 Å². The maximum atomic E-state index is 8.35. The third-order valence-corrected chi connectivity index (χ3v) is 0.914. The van der Waals surface area contributed by atoms with Gasteiger partial charge < -0.3 is 26.0 Å². The molecule has 0 aromatic rings. The Kier molecular flexibility index (Phi) is 4.50. The van der Waals surface area contributed by atoms with Crippen LogP contribution in [0.2, 0.25) is 0 Å². The molecule has 0 aromatic heterocycles. The minimum Gasteiger partial charge on any atom is -0.343 e. The molecule has 0 aliphatic carbocycles. The summed E-state index contributed by atoms with van der Waals surface area (Å²) in [6.07, 6.45) is 0. The summed E-state index contributed by atoms with van der Waals surface area (Å²) < 4.78 is 0. The Labute approximate surface area is 59.7 Å². The van der Waals surface area contributed by atoms with E-state index in [0.717, 1.165) is 6.54 Å². The first-order valence-corrected chi connectivity index (χ1v) is 3.09. The topological polar surface area (TPSA) is 84.8 Å². The number of hydrogen-bond acceptors (Lipinski definition) is 5. The second-order valence-electron chi connectivity index (χ2n) is 2.05. The second kappa shape index (κ2) is 4.59. The monoisotopic (exact) mass is 150 g/mol. The largest absolute Gasteiger partial charge is 0.343 e. The van der Waals surface area contributed by atoms with E-state index in [-0.39, 0.29) is 6.54 Å². The molecule has 0 saturated carbocycles. The molecule has 5 heteroatoms. The molecule has 0 bridgehead atoms. The molecule has 0 heterocycles. The minimum atomic E-state index is -2.59. The zero-order valence-corrected chi connectivity index (χ0v) is 5.96. The molecule has 5 nitrogen and oxygen atoms in total. The first kappa shape index (κ1) is 9.80. The fraction of sp³-hybridized carbons (Fsp3) is 1.00. The summed E-state index contributed by atoms with van der Waals surface area (Å²) in [5.74, 6) is -2.59. The van der Waals surface area contributed by atoms with Gasteiger partial charge in [-0.2, -0.15) is 0 Å². The summed E-state index contributed by atoms with van der Waals surface area (Å²) in [7, 11) is 1.78. The van der Waals surface area contributed by atoms with Crippen LogP contribution in [0.3, 0.4) is 0 Å². The van der Waals surface area contributed by atoms with Crippen LogP contribution in [0, 0.1) is 0 Å². The van der Waals surface area contributed by atoms with Crippen molar-refractivity contribution >= 4 is 0 Å². The molecule has 0 atom stereocenters. The molecule has 62 valence electrons. The molecular weight excluding hydrogens is 136 g/mol. The van der Waals surface area contributed by atoms with Gasteiger partial charge in [0.15, 0.2) is 0 Å².